The van der Waals surface area contributed by atoms with E-state index in [9.17, 15) is 9.59 Å². The molecule has 0 aliphatic heterocycles. The van der Waals surface area contributed by atoms with E-state index in [-0.39, 0.29) is 17.7 Å². The van der Waals surface area contributed by atoms with Gasteiger partial charge in [-0.1, -0.05) is 37.6 Å². The van der Waals surface area contributed by atoms with Gasteiger partial charge >= 0.3 is 0 Å². The molecule has 0 bridgehead atoms. The Morgan fingerprint density at radius 3 is 2.19 bits per heavy atom. The molecule has 26 heavy (non-hydrogen) atoms. The van der Waals surface area contributed by atoms with E-state index in [0.717, 1.165) is 11.3 Å². The summed E-state index contributed by atoms with van der Waals surface area (Å²) in [5.41, 5.74) is 1.41. The van der Waals surface area contributed by atoms with Gasteiger partial charge in [-0.3, -0.25) is 9.59 Å². The molecular formula is C20H23ClN2O3. The summed E-state index contributed by atoms with van der Waals surface area (Å²) < 4.78 is 5.11. The van der Waals surface area contributed by atoms with Crippen molar-refractivity contribution >= 4 is 23.4 Å². The number of hydrogen-bond donors (Lipinski definition) is 2. The smallest absolute Gasteiger partial charge is 0.251 e. The molecule has 5 nitrogen and oxygen atoms in total. The molecular weight excluding hydrogens is 352 g/mol. The van der Waals surface area contributed by atoms with Gasteiger partial charge in [-0.25, -0.2) is 0 Å². The predicted molar refractivity (Wildman–Crippen MR) is 102 cm³/mol. The quantitative estimate of drug-likeness (QED) is 0.780. The zero-order chi connectivity index (χ0) is 19.1. The number of amides is 2. The number of halogens is 1. The van der Waals surface area contributed by atoms with Crippen LogP contribution in [0.4, 0.5) is 0 Å². The summed E-state index contributed by atoms with van der Waals surface area (Å²) >= 11 is 5.84. The third-order valence-electron chi connectivity index (χ3n) is 3.97. The number of hydrogen-bond acceptors (Lipinski definition) is 3. The maximum absolute atomic E-state index is 12.5. The van der Waals surface area contributed by atoms with Crippen LogP contribution in [0.3, 0.4) is 0 Å². The summed E-state index contributed by atoms with van der Waals surface area (Å²) in [6.45, 7) is 4.16. The number of nitrogens with one attached hydrogen (secondary N) is 2. The van der Waals surface area contributed by atoms with Crippen LogP contribution in [0.2, 0.25) is 5.02 Å². The third-order valence-corrected chi connectivity index (χ3v) is 4.22. The van der Waals surface area contributed by atoms with Crippen LogP contribution in [0.25, 0.3) is 0 Å². The highest BCUT2D eigenvalue weighted by Crippen LogP contribution is 2.12. The molecule has 0 heterocycles. The minimum atomic E-state index is -0.628. The monoisotopic (exact) mass is 374 g/mol. The summed E-state index contributed by atoms with van der Waals surface area (Å²) in [5.74, 6) is 0.176. The Bertz CT molecular complexity index is 743. The van der Waals surface area contributed by atoms with Crippen LogP contribution in [0.5, 0.6) is 5.75 Å². The molecule has 2 rings (SSSR count). The van der Waals surface area contributed by atoms with E-state index in [0.29, 0.717) is 17.1 Å². The van der Waals surface area contributed by atoms with E-state index < -0.39 is 6.04 Å². The molecule has 2 amide bonds. The van der Waals surface area contributed by atoms with Gasteiger partial charge in [0.2, 0.25) is 5.91 Å². The number of carbonyl (C=O) groups excluding carboxylic acids is 2. The van der Waals surface area contributed by atoms with E-state index in [1.165, 1.54) is 0 Å². The molecule has 2 aromatic rings. The van der Waals surface area contributed by atoms with Crippen molar-refractivity contribution in [2.75, 3.05) is 7.11 Å². The predicted octanol–water partition coefficient (Wildman–Crippen LogP) is 3.42. The molecule has 0 aliphatic rings. The molecule has 0 fully saturated rings. The molecule has 1 unspecified atom stereocenters. The zero-order valence-electron chi connectivity index (χ0n) is 15.1. The van der Waals surface area contributed by atoms with Crippen molar-refractivity contribution in [1.29, 1.82) is 0 Å². The molecule has 0 spiro atoms. The van der Waals surface area contributed by atoms with Crippen LogP contribution in [-0.2, 0) is 11.3 Å². The average Bonchev–Trinajstić information content (AvgIpc) is 2.64. The number of methoxy groups -OCH3 is 1. The fourth-order valence-corrected chi connectivity index (χ4v) is 2.53. The normalized spacial score (nSPS) is 11.7. The van der Waals surface area contributed by atoms with Crippen molar-refractivity contribution in [3.8, 4) is 5.75 Å². The van der Waals surface area contributed by atoms with Crippen LogP contribution < -0.4 is 15.4 Å². The van der Waals surface area contributed by atoms with Gasteiger partial charge in [-0.05, 0) is 47.9 Å². The third kappa shape index (κ3) is 5.49. The Morgan fingerprint density at radius 1 is 1.04 bits per heavy atom. The molecule has 0 aromatic heterocycles. The Labute approximate surface area is 158 Å². The lowest BCUT2D eigenvalue weighted by Gasteiger charge is -2.22. The molecule has 2 aromatic carbocycles. The average molecular weight is 375 g/mol. The lowest BCUT2D eigenvalue weighted by atomic mass is 10.0. The summed E-state index contributed by atoms with van der Waals surface area (Å²) in [6.07, 6.45) is 0. The molecule has 0 aliphatic carbocycles. The fraction of sp³-hybridized carbons (Fsp3) is 0.300. The van der Waals surface area contributed by atoms with E-state index in [4.69, 9.17) is 16.3 Å². The van der Waals surface area contributed by atoms with Crippen molar-refractivity contribution in [3.05, 3.63) is 64.7 Å². The van der Waals surface area contributed by atoms with E-state index >= 15 is 0 Å². The Hall–Kier alpha value is -2.53. The topological polar surface area (TPSA) is 67.4 Å². The summed E-state index contributed by atoms with van der Waals surface area (Å²) in [6, 6.07) is 13.4. The summed E-state index contributed by atoms with van der Waals surface area (Å²) in [5, 5.41) is 6.22. The molecule has 6 heteroatoms. The first kappa shape index (κ1) is 19.8. The number of rotatable bonds is 7. The second-order valence-corrected chi connectivity index (χ2v) is 6.70. The first-order valence-electron chi connectivity index (χ1n) is 8.37. The van der Waals surface area contributed by atoms with Gasteiger partial charge in [0.1, 0.15) is 11.8 Å². The number of benzene rings is 2. The molecule has 0 saturated heterocycles. The van der Waals surface area contributed by atoms with Crippen molar-refractivity contribution in [1.82, 2.24) is 10.6 Å². The van der Waals surface area contributed by atoms with Crippen molar-refractivity contribution in [2.45, 2.75) is 26.4 Å². The van der Waals surface area contributed by atoms with E-state index in [2.05, 4.69) is 10.6 Å². The highest BCUT2D eigenvalue weighted by atomic mass is 35.5. The zero-order valence-corrected chi connectivity index (χ0v) is 15.8. The van der Waals surface area contributed by atoms with Crippen LogP contribution in [0.1, 0.15) is 29.8 Å². The number of carbonyl (C=O) groups is 2. The molecule has 138 valence electrons. The van der Waals surface area contributed by atoms with E-state index in [1.54, 1.807) is 31.4 Å². The van der Waals surface area contributed by atoms with Gasteiger partial charge in [0.05, 0.1) is 7.11 Å². The minimum Gasteiger partial charge on any atom is -0.497 e. The first-order chi connectivity index (χ1) is 12.4. The minimum absolute atomic E-state index is 0.0536. The van der Waals surface area contributed by atoms with Gasteiger partial charge < -0.3 is 15.4 Å². The Kier molecular flexibility index (Phi) is 7.04. The molecule has 0 saturated carbocycles. The maximum Gasteiger partial charge on any atom is 0.251 e. The van der Waals surface area contributed by atoms with Crippen LogP contribution in [0.15, 0.2) is 48.5 Å². The number of ether oxygens (including phenoxy) is 1. The maximum atomic E-state index is 12.5. The van der Waals surface area contributed by atoms with Gasteiger partial charge in [-0.15, -0.1) is 0 Å². The Balaban J connectivity index is 1.97. The van der Waals surface area contributed by atoms with Crippen LogP contribution in [0, 0.1) is 5.92 Å². The standard InChI is InChI=1S/C20H23ClN2O3/c1-13(2)18(23-19(24)15-6-8-16(21)9-7-15)20(25)22-12-14-4-10-17(26-3)11-5-14/h4-11,13,18H,12H2,1-3H3,(H,22,25)(H,23,24). The second kappa shape index (κ2) is 9.25. The van der Waals surface area contributed by atoms with Crippen LogP contribution >= 0.6 is 11.6 Å². The van der Waals surface area contributed by atoms with Gasteiger partial charge in [0.15, 0.2) is 0 Å². The largest absolute Gasteiger partial charge is 0.497 e. The van der Waals surface area contributed by atoms with Crippen molar-refractivity contribution in [3.63, 3.8) is 0 Å². The second-order valence-electron chi connectivity index (χ2n) is 6.27. The lowest BCUT2D eigenvalue weighted by molar-refractivity contribution is -0.124. The fourth-order valence-electron chi connectivity index (χ4n) is 2.40. The molecule has 2 N–H and O–H groups in total. The lowest BCUT2D eigenvalue weighted by Crippen LogP contribution is -2.49. The highest BCUT2D eigenvalue weighted by Gasteiger charge is 2.24. The molecule has 1 atom stereocenters. The first-order valence-corrected chi connectivity index (χ1v) is 8.75. The van der Waals surface area contributed by atoms with Gasteiger partial charge in [0, 0.05) is 17.1 Å². The van der Waals surface area contributed by atoms with Gasteiger partial charge in [-0.2, -0.15) is 0 Å². The molecule has 0 radical (unpaired) electrons. The SMILES string of the molecule is COc1ccc(CNC(=O)C(NC(=O)c2ccc(Cl)cc2)C(C)C)cc1. The van der Waals surface area contributed by atoms with E-state index in [1.807, 2.05) is 38.1 Å². The van der Waals surface area contributed by atoms with Crippen molar-refractivity contribution in [2.24, 2.45) is 5.92 Å². The Morgan fingerprint density at radius 2 is 1.65 bits per heavy atom. The van der Waals surface area contributed by atoms with Gasteiger partial charge in [0.25, 0.3) is 5.91 Å². The van der Waals surface area contributed by atoms with Crippen molar-refractivity contribution < 1.29 is 14.3 Å². The summed E-state index contributed by atoms with van der Waals surface area (Å²) in [7, 11) is 1.60. The summed E-state index contributed by atoms with van der Waals surface area (Å²) in [4.78, 5) is 24.9. The highest BCUT2D eigenvalue weighted by molar-refractivity contribution is 6.30. The van der Waals surface area contributed by atoms with Crippen LogP contribution in [-0.4, -0.2) is 25.0 Å².